The summed E-state index contributed by atoms with van der Waals surface area (Å²) in [7, 11) is 0. The highest BCUT2D eigenvalue weighted by molar-refractivity contribution is 6.32. The van der Waals surface area contributed by atoms with Crippen LogP contribution in [0.5, 0.6) is 0 Å². The highest BCUT2D eigenvalue weighted by atomic mass is 35.5. The van der Waals surface area contributed by atoms with Crippen LogP contribution in [0.25, 0.3) is 0 Å². The molecule has 0 aromatic carbocycles. The summed E-state index contributed by atoms with van der Waals surface area (Å²) in [5.74, 6) is 0. The van der Waals surface area contributed by atoms with Gasteiger partial charge in [-0.15, -0.1) is 0 Å². The Hall–Kier alpha value is -0.350. The van der Waals surface area contributed by atoms with Crippen LogP contribution in [0, 0.1) is 0 Å². The average Bonchev–Trinajstić information content (AvgIpc) is 2.81. The van der Waals surface area contributed by atoms with Crippen LogP contribution in [0.15, 0.2) is 12.1 Å². The van der Waals surface area contributed by atoms with Crippen LogP contribution in [0.3, 0.4) is 0 Å². The summed E-state index contributed by atoms with van der Waals surface area (Å²) in [6.45, 7) is 2.86. The van der Waals surface area contributed by atoms with Crippen LogP contribution in [0.2, 0.25) is 10.3 Å². The fraction of sp³-hybridized carbons (Fsp3) is 0.583. The van der Waals surface area contributed by atoms with Crippen molar-refractivity contribution in [2.45, 2.75) is 31.5 Å². The molecule has 1 aromatic rings. The predicted molar refractivity (Wildman–Crippen MR) is 67.4 cm³/mol. The Morgan fingerprint density at radius 3 is 2.82 bits per heavy atom. The molecule has 2 aliphatic rings. The molecule has 0 N–H and O–H groups in total. The van der Waals surface area contributed by atoms with Gasteiger partial charge in [-0.1, -0.05) is 23.2 Å². The molecule has 2 unspecified atom stereocenters. The van der Waals surface area contributed by atoms with Crippen molar-refractivity contribution >= 4 is 23.2 Å². The van der Waals surface area contributed by atoms with Gasteiger partial charge in [-0.05, 0) is 30.5 Å². The SMILES string of the molecule is Clc1cc(CN2CCC3OCCC32)cc(Cl)n1. The Bertz CT molecular complexity index is 407. The maximum atomic E-state index is 5.91. The molecule has 2 aliphatic heterocycles. The molecule has 0 aliphatic carbocycles. The topological polar surface area (TPSA) is 25.4 Å². The standard InChI is InChI=1S/C12H14Cl2N2O/c13-11-5-8(6-12(14)15-11)7-16-3-1-10-9(16)2-4-17-10/h5-6,9-10H,1-4,7H2. The number of halogens is 2. The van der Waals surface area contributed by atoms with Crippen LogP contribution >= 0.6 is 23.2 Å². The molecular formula is C12H14Cl2N2O. The first kappa shape index (κ1) is 11.7. The molecule has 5 heteroatoms. The second kappa shape index (κ2) is 4.73. The largest absolute Gasteiger partial charge is 0.376 e. The van der Waals surface area contributed by atoms with Crippen molar-refractivity contribution in [2.75, 3.05) is 13.2 Å². The zero-order valence-corrected chi connectivity index (χ0v) is 10.9. The summed E-state index contributed by atoms with van der Waals surface area (Å²) in [5, 5.41) is 0.928. The van der Waals surface area contributed by atoms with Gasteiger partial charge in [0.2, 0.25) is 0 Å². The third-order valence-electron chi connectivity index (χ3n) is 3.55. The van der Waals surface area contributed by atoms with E-state index in [1.165, 1.54) is 0 Å². The fourth-order valence-electron chi connectivity index (χ4n) is 2.83. The molecule has 0 amide bonds. The summed E-state index contributed by atoms with van der Waals surface area (Å²) < 4.78 is 5.69. The van der Waals surface area contributed by atoms with Crippen molar-refractivity contribution in [3.05, 3.63) is 28.0 Å². The summed E-state index contributed by atoms with van der Waals surface area (Å²) in [6, 6.07) is 4.34. The zero-order chi connectivity index (χ0) is 11.8. The van der Waals surface area contributed by atoms with Gasteiger partial charge >= 0.3 is 0 Å². The molecule has 0 radical (unpaired) electrons. The second-order valence-corrected chi connectivity index (χ2v) is 5.42. The van der Waals surface area contributed by atoms with Gasteiger partial charge in [0, 0.05) is 25.7 Å². The summed E-state index contributed by atoms with van der Waals surface area (Å²) >= 11 is 11.8. The second-order valence-electron chi connectivity index (χ2n) is 4.65. The Labute approximate surface area is 111 Å². The maximum absolute atomic E-state index is 5.91. The van der Waals surface area contributed by atoms with E-state index in [2.05, 4.69) is 9.88 Å². The number of nitrogens with zero attached hydrogens (tertiary/aromatic N) is 2. The van der Waals surface area contributed by atoms with E-state index in [4.69, 9.17) is 27.9 Å². The maximum Gasteiger partial charge on any atom is 0.131 e. The first-order valence-corrected chi connectivity index (χ1v) is 6.65. The number of hydrogen-bond donors (Lipinski definition) is 0. The van der Waals surface area contributed by atoms with Gasteiger partial charge in [-0.3, -0.25) is 4.90 Å². The predicted octanol–water partition coefficient (Wildman–Crippen LogP) is 2.75. The lowest BCUT2D eigenvalue weighted by Crippen LogP contribution is -2.31. The van der Waals surface area contributed by atoms with E-state index in [0.717, 1.165) is 38.1 Å². The number of likely N-dealkylation sites (tertiary alicyclic amines) is 1. The van der Waals surface area contributed by atoms with E-state index in [1.54, 1.807) is 0 Å². The van der Waals surface area contributed by atoms with Crippen LogP contribution in [-0.2, 0) is 11.3 Å². The van der Waals surface area contributed by atoms with Gasteiger partial charge in [-0.2, -0.15) is 0 Å². The fourth-order valence-corrected chi connectivity index (χ4v) is 3.33. The lowest BCUT2D eigenvalue weighted by atomic mass is 10.1. The van der Waals surface area contributed by atoms with Gasteiger partial charge in [0.1, 0.15) is 10.3 Å². The van der Waals surface area contributed by atoms with Crippen LogP contribution < -0.4 is 0 Å². The highest BCUT2D eigenvalue weighted by Crippen LogP contribution is 2.30. The van der Waals surface area contributed by atoms with Crippen molar-refractivity contribution in [3.63, 3.8) is 0 Å². The minimum absolute atomic E-state index is 0.433. The zero-order valence-electron chi connectivity index (χ0n) is 9.40. The Morgan fingerprint density at radius 2 is 2.06 bits per heavy atom. The van der Waals surface area contributed by atoms with Crippen molar-refractivity contribution in [1.82, 2.24) is 9.88 Å². The van der Waals surface area contributed by atoms with Crippen molar-refractivity contribution in [3.8, 4) is 0 Å². The third-order valence-corrected chi connectivity index (χ3v) is 3.94. The third kappa shape index (κ3) is 2.43. The van der Waals surface area contributed by atoms with E-state index in [1.807, 2.05) is 12.1 Å². The molecule has 2 saturated heterocycles. The van der Waals surface area contributed by atoms with Crippen LogP contribution in [0.1, 0.15) is 18.4 Å². The number of fused-ring (bicyclic) bond motifs is 1. The van der Waals surface area contributed by atoms with Crippen molar-refractivity contribution < 1.29 is 4.74 Å². The molecule has 17 heavy (non-hydrogen) atoms. The first-order valence-electron chi connectivity index (χ1n) is 5.90. The van der Waals surface area contributed by atoms with Gasteiger partial charge in [0.15, 0.2) is 0 Å². The van der Waals surface area contributed by atoms with Crippen molar-refractivity contribution in [1.29, 1.82) is 0 Å². The molecule has 0 saturated carbocycles. The quantitative estimate of drug-likeness (QED) is 0.775. The number of pyridine rings is 1. The molecule has 92 valence electrons. The average molecular weight is 273 g/mol. The lowest BCUT2D eigenvalue weighted by molar-refractivity contribution is 0.105. The highest BCUT2D eigenvalue weighted by Gasteiger charge is 2.38. The minimum Gasteiger partial charge on any atom is -0.376 e. The molecule has 2 fully saturated rings. The van der Waals surface area contributed by atoms with Crippen LogP contribution in [0.4, 0.5) is 0 Å². The molecule has 3 heterocycles. The monoisotopic (exact) mass is 272 g/mol. The number of ether oxygens (including phenoxy) is 1. The molecule has 3 rings (SSSR count). The molecule has 0 bridgehead atoms. The minimum atomic E-state index is 0.433. The normalized spacial score (nSPS) is 28.6. The van der Waals surface area contributed by atoms with Crippen LogP contribution in [-0.4, -0.2) is 35.2 Å². The van der Waals surface area contributed by atoms with Gasteiger partial charge in [0.25, 0.3) is 0 Å². The van der Waals surface area contributed by atoms with E-state index in [-0.39, 0.29) is 0 Å². The Balaban J connectivity index is 1.74. The van der Waals surface area contributed by atoms with Gasteiger partial charge < -0.3 is 4.74 Å². The van der Waals surface area contributed by atoms with E-state index in [0.29, 0.717) is 22.5 Å². The lowest BCUT2D eigenvalue weighted by Gasteiger charge is -2.22. The molecule has 3 nitrogen and oxygen atoms in total. The summed E-state index contributed by atoms with van der Waals surface area (Å²) in [6.07, 6.45) is 2.71. The number of rotatable bonds is 2. The molecule has 2 atom stereocenters. The van der Waals surface area contributed by atoms with E-state index >= 15 is 0 Å². The summed E-state index contributed by atoms with van der Waals surface area (Å²) in [5.41, 5.74) is 1.13. The molecular weight excluding hydrogens is 259 g/mol. The van der Waals surface area contributed by atoms with E-state index in [9.17, 15) is 0 Å². The number of hydrogen-bond acceptors (Lipinski definition) is 3. The Morgan fingerprint density at radius 1 is 1.29 bits per heavy atom. The molecule has 1 aromatic heterocycles. The molecule has 0 spiro atoms. The van der Waals surface area contributed by atoms with Gasteiger partial charge in [-0.25, -0.2) is 4.98 Å². The first-order chi connectivity index (χ1) is 8.22. The Kier molecular flexibility index (Phi) is 3.26. The van der Waals surface area contributed by atoms with Crippen molar-refractivity contribution in [2.24, 2.45) is 0 Å². The smallest absolute Gasteiger partial charge is 0.131 e. The van der Waals surface area contributed by atoms with E-state index < -0.39 is 0 Å². The summed E-state index contributed by atoms with van der Waals surface area (Å²) in [4.78, 5) is 6.42. The number of aromatic nitrogens is 1. The van der Waals surface area contributed by atoms with Gasteiger partial charge in [0.05, 0.1) is 6.10 Å².